The molecule has 0 saturated carbocycles. The maximum absolute atomic E-state index is 11.8. The van der Waals surface area contributed by atoms with Gasteiger partial charge in [-0.05, 0) is 19.1 Å². The highest BCUT2D eigenvalue weighted by atomic mass is 16.1. The van der Waals surface area contributed by atoms with E-state index in [1.807, 2.05) is 45.7 Å². The topological polar surface area (TPSA) is 26.4 Å². The second-order valence-electron chi connectivity index (χ2n) is 3.84. The van der Waals surface area contributed by atoms with E-state index >= 15 is 0 Å². The summed E-state index contributed by atoms with van der Waals surface area (Å²) < 4.78 is 4.02. The second-order valence-corrected chi connectivity index (χ2v) is 3.84. The number of hydrogen-bond acceptors (Lipinski definition) is 1. The van der Waals surface area contributed by atoms with Crippen molar-refractivity contribution in [3.05, 3.63) is 52.8 Å². The van der Waals surface area contributed by atoms with Crippen molar-refractivity contribution in [1.82, 2.24) is 9.20 Å². The van der Waals surface area contributed by atoms with Gasteiger partial charge in [-0.2, -0.15) is 0 Å². The first-order chi connectivity index (χ1) is 7.81. The first-order valence-corrected chi connectivity index (χ1v) is 5.41. The number of fused-ring (bicyclic) bond motifs is 3. The Bertz CT molecular complexity index is 721. The minimum absolute atomic E-state index is 0.0703. The third-order valence-electron chi connectivity index (χ3n) is 2.92. The molecule has 3 nitrogen and oxygen atoms in total. The van der Waals surface area contributed by atoms with Crippen LogP contribution in [0.5, 0.6) is 0 Å². The lowest BCUT2D eigenvalue weighted by molar-refractivity contribution is 0.614. The molecule has 0 spiro atoms. The summed E-state index contributed by atoms with van der Waals surface area (Å²) in [6.07, 6.45) is 1.84. The van der Waals surface area contributed by atoms with Crippen molar-refractivity contribution in [1.29, 1.82) is 0 Å². The predicted molar refractivity (Wildman–Crippen MR) is 64.8 cm³/mol. The van der Waals surface area contributed by atoms with Gasteiger partial charge in [-0.3, -0.25) is 9.48 Å². The van der Waals surface area contributed by atoms with Crippen LogP contribution in [-0.4, -0.2) is 9.20 Å². The van der Waals surface area contributed by atoms with Gasteiger partial charge in [0, 0.05) is 24.2 Å². The van der Waals surface area contributed by atoms with Gasteiger partial charge in [0.15, 0.2) is 0 Å². The van der Waals surface area contributed by atoms with Crippen molar-refractivity contribution < 1.29 is 0 Å². The van der Waals surface area contributed by atoms with E-state index in [2.05, 4.69) is 6.92 Å². The molecule has 0 saturated heterocycles. The molecule has 0 amide bonds. The second kappa shape index (κ2) is 3.23. The zero-order chi connectivity index (χ0) is 11.1. The Hall–Kier alpha value is -2.03. The van der Waals surface area contributed by atoms with Crippen molar-refractivity contribution in [3.8, 4) is 0 Å². The van der Waals surface area contributed by atoms with Crippen LogP contribution in [0.25, 0.3) is 16.4 Å². The van der Waals surface area contributed by atoms with E-state index in [0.29, 0.717) is 0 Å². The molecule has 0 aliphatic rings. The summed E-state index contributed by atoms with van der Waals surface area (Å²) in [7, 11) is 0. The van der Waals surface area contributed by atoms with Gasteiger partial charge in [0.2, 0.25) is 5.43 Å². The summed E-state index contributed by atoms with van der Waals surface area (Å²) >= 11 is 0. The highest BCUT2D eigenvalue weighted by Crippen LogP contribution is 2.17. The fraction of sp³-hybridized carbons (Fsp3) is 0.154. The maximum Gasteiger partial charge on any atom is 0.205 e. The molecule has 3 heteroatoms. The number of aryl methyl sites for hydroxylation is 1. The van der Waals surface area contributed by atoms with Gasteiger partial charge in [0.25, 0.3) is 0 Å². The van der Waals surface area contributed by atoms with Gasteiger partial charge in [0.05, 0.1) is 5.52 Å². The van der Waals surface area contributed by atoms with E-state index in [1.54, 1.807) is 6.07 Å². The van der Waals surface area contributed by atoms with E-state index in [9.17, 15) is 4.79 Å². The van der Waals surface area contributed by atoms with Crippen molar-refractivity contribution >= 4 is 16.4 Å². The normalized spacial score (nSPS) is 11.3. The minimum Gasteiger partial charge on any atom is -0.288 e. The predicted octanol–water partition coefficient (Wildman–Crippen LogP) is 2.27. The van der Waals surface area contributed by atoms with Gasteiger partial charge in [0.1, 0.15) is 5.52 Å². The summed E-state index contributed by atoms with van der Waals surface area (Å²) in [6, 6.07) is 11.6. The lowest BCUT2D eigenvalue weighted by Gasteiger charge is -2.08. The standard InChI is InChI=1S/C13H12N2O/c1-2-14-8-7-13(16)12-9-10-5-3-4-6-11(10)15(12)14/h3-9H,2H2,1H3. The minimum atomic E-state index is 0.0703. The third kappa shape index (κ3) is 1.11. The van der Waals surface area contributed by atoms with Crippen LogP contribution in [0.3, 0.4) is 0 Å². The molecule has 1 aromatic carbocycles. The van der Waals surface area contributed by atoms with Crippen molar-refractivity contribution in [2.24, 2.45) is 0 Å². The number of hydrogen-bond donors (Lipinski definition) is 0. The van der Waals surface area contributed by atoms with E-state index in [1.165, 1.54) is 0 Å². The molecule has 3 aromatic rings. The molecule has 0 unspecified atom stereocenters. The smallest absolute Gasteiger partial charge is 0.205 e. The molecule has 0 fully saturated rings. The molecule has 2 aromatic heterocycles. The monoisotopic (exact) mass is 212 g/mol. The fourth-order valence-electron chi connectivity index (χ4n) is 2.15. The summed E-state index contributed by atoms with van der Waals surface area (Å²) in [6.45, 7) is 2.91. The molecule has 0 aliphatic heterocycles. The van der Waals surface area contributed by atoms with Crippen LogP contribution in [0.1, 0.15) is 6.92 Å². The van der Waals surface area contributed by atoms with Crippen LogP contribution in [-0.2, 0) is 6.54 Å². The van der Waals surface area contributed by atoms with Gasteiger partial charge in [-0.1, -0.05) is 18.2 Å². The molecule has 3 rings (SSSR count). The SMILES string of the molecule is CCn1ccc(=O)c2cc3ccccc3n21. The Morgan fingerprint density at radius 1 is 1.12 bits per heavy atom. The van der Waals surface area contributed by atoms with Crippen LogP contribution in [0.15, 0.2) is 47.4 Å². The summed E-state index contributed by atoms with van der Waals surface area (Å²) in [5, 5.41) is 1.10. The summed E-state index contributed by atoms with van der Waals surface area (Å²) in [5.41, 5.74) is 1.89. The molecule has 0 atom stereocenters. The quantitative estimate of drug-likeness (QED) is 0.607. The van der Waals surface area contributed by atoms with Crippen LogP contribution in [0.2, 0.25) is 0 Å². The van der Waals surface area contributed by atoms with Crippen LogP contribution >= 0.6 is 0 Å². The average Bonchev–Trinajstić information content (AvgIpc) is 2.70. The molecular formula is C13H12N2O. The van der Waals surface area contributed by atoms with Gasteiger partial charge in [-0.15, -0.1) is 0 Å². The summed E-state index contributed by atoms with van der Waals surface area (Å²) in [4.78, 5) is 11.8. The molecule has 80 valence electrons. The molecule has 0 radical (unpaired) electrons. The number of aromatic nitrogens is 2. The zero-order valence-corrected chi connectivity index (χ0v) is 9.05. The van der Waals surface area contributed by atoms with Crippen LogP contribution < -0.4 is 5.43 Å². The van der Waals surface area contributed by atoms with Gasteiger partial charge in [-0.25, -0.2) is 4.52 Å². The molecule has 0 aliphatic carbocycles. The summed E-state index contributed by atoms with van der Waals surface area (Å²) in [5.74, 6) is 0. The van der Waals surface area contributed by atoms with E-state index < -0.39 is 0 Å². The number of para-hydroxylation sites is 1. The molecule has 0 N–H and O–H groups in total. The fourth-order valence-corrected chi connectivity index (χ4v) is 2.15. The van der Waals surface area contributed by atoms with Crippen LogP contribution in [0.4, 0.5) is 0 Å². The van der Waals surface area contributed by atoms with Gasteiger partial charge >= 0.3 is 0 Å². The molecule has 16 heavy (non-hydrogen) atoms. The molecule has 0 bridgehead atoms. The van der Waals surface area contributed by atoms with E-state index in [0.717, 1.165) is 23.0 Å². The van der Waals surface area contributed by atoms with Crippen molar-refractivity contribution in [3.63, 3.8) is 0 Å². The van der Waals surface area contributed by atoms with Crippen molar-refractivity contribution in [2.75, 3.05) is 0 Å². The molecule has 2 heterocycles. The van der Waals surface area contributed by atoms with Gasteiger partial charge < -0.3 is 0 Å². The lowest BCUT2D eigenvalue weighted by Crippen LogP contribution is -2.13. The largest absolute Gasteiger partial charge is 0.288 e. The first kappa shape index (κ1) is 9.21. The first-order valence-electron chi connectivity index (χ1n) is 5.41. The highest BCUT2D eigenvalue weighted by Gasteiger charge is 2.06. The molecular weight excluding hydrogens is 200 g/mol. The Morgan fingerprint density at radius 2 is 1.94 bits per heavy atom. The number of rotatable bonds is 1. The Morgan fingerprint density at radius 3 is 2.75 bits per heavy atom. The van der Waals surface area contributed by atoms with Crippen LogP contribution in [0, 0.1) is 0 Å². The number of benzene rings is 1. The Kier molecular flexibility index (Phi) is 1.86. The third-order valence-corrected chi connectivity index (χ3v) is 2.92. The lowest BCUT2D eigenvalue weighted by atomic mass is 10.2. The van der Waals surface area contributed by atoms with E-state index in [4.69, 9.17) is 0 Å². The zero-order valence-electron chi connectivity index (χ0n) is 9.05. The Labute approximate surface area is 92.5 Å². The van der Waals surface area contributed by atoms with E-state index in [-0.39, 0.29) is 5.43 Å². The van der Waals surface area contributed by atoms with Crippen molar-refractivity contribution in [2.45, 2.75) is 13.5 Å². The number of nitrogens with zero attached hydrogens (tertiary/aromatic N) is 2. The maximum atomic E-state index is 11.8. The Balaban J connectivity index is 2.64. The average molecular weight is 212 g/mol. The highest BCUT2D eigenvalue weighted by molar-refractivity contribution is 5.86.